The number of hydrogen-bond acceptors (Lipinski definition) is 4. The predicted octanol–water partition coefficient (Wildman–Crippen LogP) is 2.11. The molecule has 2 heterocycles. The standard InChI is InChI=1S/C12H19NO3S2/c1-3-11-6-7-12(17-11)18(14,15)13(2)9-10-5-4-8-16-10/h6-7,10H,3-5,8-9H2,1-2H3. The maximum absolute atomic E-state index is 12.3. The van der Waals surface area contributed by atoms with Gasteiger partial charge in [0.1, 0.15) is 4.21 Å². The maximum atomic E-state index is 12.3. The van der Waals surface area contributed by atoms with E-state index < -0.39 is 10.0 Å². The van der Waals surface area contributed by atoms with Crippen molar-refractivity contribution < 1.29 is 13.2 Å². The Hall–Kier alpha value is -0.430. The van der Waals surface area contributed by atoms with Gasteiger partial charge in [-0.2, -0.15) is 4.31 Å². The van der Waals surface area contributed by atoms with E-state index in [-0.39, 0.29) is 6.10 Å². The van der Waals surface area contributed by atoms with Crippen LogP contribution in [0.3, 0.4) is 0 Å². The summed E-state index contributed by atoms with van der Waals surface area (Å²) in [6.45, 7) is 3.22. The number of likely N-dealkylation sites (N-methyl/N-ethyl adjacent to an activating group) is 1. The lowest BCUT2D eigenvalue weighted by molar-refractivity contribution is 0.0979. The van der Waals surface area contributed by atoms with E-state index in [1.165, 1.54) is 15.6 Å². The Morgan fingerprint density at radius 2 is 2.28 bits per heavy atom. The lowest BCUT2D eigenvalue weighted by Crippen LogP contribution is -2.33. The monoisotopic (exact) mass is 289 g/mol. The van der Waals surface area contributed by atoms with E-state index in [1.807, 2.05) is 13.0 Å². The van der Waals surface area contributed by atoms with Crippen LogP contribution < -0.4 is 0 Å². The average molecular weight is 289 g/mol. The van der Waals surface area contributed by atoms with Gasteiger partial charge in [0.2, 0.25) is 0 Å². The molecule has 1 aliphatic heterocycles. The maximum Gasteiger partial charge on any atom is 0.252 e. The minimum absolute atomic E-state index is 0.0513. The summed E-state index contributed by atoms with van der Waals surface area (Å²) in [5.41, 5.74) is 0. The van der Waals surface area contributed by atoms with Crippen LogP contribution in [0.5, 0.6) is 0 Å². The summed E-state index contributed by atoms with van der Waals surface area (Å²) in [5.74, 6) is 0. The van der Waals surface area contributed by atoms with Gasteiger partial charge in [0.15, 0.2) is 0 Å². The van der Waals surface area contributed by atoms with Crippen LogP contribution in [-0.4, -0.2) is 39.0 Å². The molecule has 4 nitrogen and oxygen atoms in total. The molecule has 6 heteroatoms. The number of rotatable bonds is 5. The second kappa shape index (κ2) is 5.69. The summed E-state index contributed by atoms with van der Waals surface area (Å²) < 4.78 is 32.0. The second-order valence-corrected chi connectivity index (χ2v) is 7.93. The van der Waals surface area contributed by atoms with E-state index in [9.17, 15) is 8.42 Å². The number of hydrogen-bond donors (Lipinski definition) is 0. The molecule has 1 aromatic rings. The first kappa shape index (κ1) is 14.0. The SMILES string of the molecule is CCc1ccc(S(=O)(=O)N(C)CC2CCCO2)s1. The van der Waals surface area contributed by atoms with Crippen LogP contribution in [0, 0.1) is 0 Å². The number of ether oxygens (including phenoxy) is 1. The fourth-order valence-electron chi connectivity index (χ4n) is 2.01. The zero-order valence-corrected chi connectivity index (χ0v) is 12.4. The zero-order chi connectivity index (χ0) is 13.2. The molecule has 1 fully saturated rings. The highest BCUT2D eigenvalue weighted by Gasteiger charge is 2.27. The van der Waals surface area contributed by atoms with Gasteiger partial charge in [-0.15, -0.1) is 11.3 Å². The lowest BCUT2D eigenvalue weighted by Gasteiger charge is -2.19. The highest BCUT2D eigenvalue weighted by atomic mass is 32.2. The molecule has 102 valence electrons. The minimum Gasteiger partial charge on any atom is -0.377 e. The molecule has 1 unspecified atom stereocenters. The van der Waals surface area contributed by atoms with E-state index in [0.717, 1.165) is 30.7 Å². The van der Waals surface area contributed by atoms with Crippen molar-refractivity contribution in [3.05, 3.63) is 17.0 Å². The molecule has 1 aliphatic rings. The zero-order valence-electron chi connectivity index (χ0n) is 10.8. The van der Waals surface area contributed by atoms with Crippen molar-refractivity contribution in [3.63, 3.8) is 0 Å². The number of nitrogens with zero attached hydrogens (tertiary/aromatic N) is 1. The fraction of sp³-hybridized carbons (Fsp3) is 0.667. The van der Waals surface area contributed by atoms with Crippen LogP contribution in [0.25, 0.3) is 0 Å². The Labute approximate surface area is 113 Å². The average Bonchev–Trinajstić information content (AvgIpc) is 2.99. The summed E-state index contributed by atoms with van der Waals surface area (Å²) in [5, 5.41) is 0. The lowest BCUT2D eigenvalue weighted by atomic mass is 10.2. The molecule has 0 aromatic carbocycles. The number of sulfonamides is 1. The van der Waals surface area contributed by atoms with E-state index in [0.29, 0.717) is 10.8 Å². The molecule has 0 aliphatic carbocycles. The van der Waals surface area contributed by atoms with Crippen LogP contribution in [0.15, 0.2) is 16.3 Å². The normalized spacial score (nSPS) is 20.7. The number of thiophene rings is 1. The van der Waals surface area contributed by atoms with E-state index in [1.54, 1.807) is 13.1 Å². The van der Waals surface area contributed by atoms with E-state index in [4.69, 9.17) is 4.74 Å². The van der Waals surface area contributed by atoms with Gasteiger partial charge in [-0.3, -0.25) is 0 Å². The molecule has 0 radical (unpaired) electrons. The van der Waals surface area contributed by atoms with Crippen molar-refractivity contribution in [1.29, 1.82) is 0 Å². The third-order valence-corrected chi connectivity index (χ3v) is 6.66. The largest absolute Gasteiger partial charge is 0.377 e. The van der Waals surface area contributed by atoms with Crippen molar-refractivity contribution in [2.75, 3.05) is 20.2 Å². The van der Waals surface area contributed by atoms with Gasteiger partial charge in [0.05, 0.1) is 6.10 Å². The minimum atomic E-state index is -3.34. The summed E-state index contributed by atoms with van der Waals surface area (Å²) in [6.07, 6.45) is 2.90. The van der Waals surface area contributed by atoms with Gasteiger partial charge in [-0.05, 0) is 31.4 Å². The smallest absolute Gasteiger partial charge is 0.252 e. The second-order valence-electron chi connectivity index (χ2n) is 4.49. The molecule has 0 bridgehead atoms. The summed E-state index contributed by atoms with van der Waals surface area (Å²) in [4.78, 5) is 1.10. The summed E-state index contributed by atoms with van der Waals surface area (Å²) >= 11 is 1.36. The topological polar surface area (TPSA) is 46.6 Å². The van der Waals surface area contributed by atoms with E-state index in [2.05, 4.69) is 0 Å². The molecule has 1 saturated heterocycles. The molecule has 2 rings (SSSR count). The van der Waals surface area contributed by atoms with Gasteiger partial charge < -0.3 is 4.74 Å². The Bertz CT molecular complexity index is 489. The quantitative estimate of drug-likeness (QED) is 0.834. The van der Waals surface area contributed by atoms with Crippen LogP contribution >= 0.6 is 11.3 Å². The molecule has 0 N–H and O–H groups in total. The molecule has 1 aromatic heterocycles. The van der Waals surface area contributed by atoms with Crippen molar-refractivity contribution in [1.82, 2.24) is 4.31 Å². The predicted molar refractivity (Wildman–Crippen MR) is 72.5 cm³/mol. The van der Waals surface area contributed by atoms with E-state index >= 15 is 0 Å². The molecule has 18 heavy (non-hydrogen) atoms. The van der Waals surface area contributed by atoms with Crippen LogP contribution in [0.2, 0.25) is 0 Å². The van der Waals surface area contributed by atoms with Crippen molar-refractivity contribution in [3.8, 4) is 0 Å². The third kappa shape index (κ3) is 2.93. The van der Waals surface area contributed by atoms with Gasteiger partial charge in [-0.25, -0.2) is 8.42 Å². The van der Waals surface area contributed by atoms with Crippen LogP contribution in [-0.2, 0) is 21.2 Å². The Morgan fingerprint density at radius 1 is 1.50 bits per heavy atom. The van der Waals surface area contributed by atoms with Gasteiger partial charge in [-0.1, -0.05) is 6.92 Å². The highest BCUT2D eigenvalue weighted by Crippen LogP contribution is 2.25. The van der Waals surface area contributed by atoms with Crippen molar-refractivity contribution >= 4 is 21.4 Å². The Morgan fingerprint density at radius 3 is 2.83 bits per heavy atom. The van der Waals surface area contributed by atoms with Crippen molar-refractivity contribution in [2.24, 2.45) is 0 Å². The third-order valence-electron chi connectivity index (χ3n) is 3.13. The molecule has 0 amide bonds. The first-order valence-electron chi connectivity index (χ1n) is 6.20. The highest BCUT2D eigenvalue weighted by molar-refractivity contribution is 7.91. The molecular weight excluding hydrogens is 270 g/mol. The first-order valence-corrected chi connectivity index (χ1v) is 8.46. The molecule has 0 saturated carbocycles. The summed E-state index contributed by atoms with van der Waals surface area (Å²) in [7, 11) is -1.72. The van der Waals surface area contributed by atoms with Crippen molar-refractivity contribution in [2.45, 2.75) is 36.5 Å². The fourth-order valence-corrected chi connectivity index (χ4v) is 4.72. The molecule has 0 spiro atoms. The number of aryl methyl sites for hydroxylation is 1. The Balaban J connectivity index is 2.09. The van der Waals surface area contributed by atoms with Gasteiger partial charge in [0.25, 0.3) is 10.0 Å². The Kier molecular flexibility index (Phi) is 4.42. The molecule has 1 atom stereocenters. The first-order chi connectivity index (χ1) is 8.54. The molecular formula is C12H19NO3S2. The van der Waals surface area contributed by atoms with Gasteiger partial charge >= 0.3 is 0 Å². The van der Waals surface area contributed by atoms with Crippen LogP contribution in [0.4, 0.5) is 0 Å². The van der Waals surface area contributed by atoms with Crippen LogP contribution in [0.1, 0.15) is 24.6 Å². The summed E-state index contributed by atoms with van der Waals surface area (Å²) in [6, 6.07) is 3.59. The van der Waals surface area contributed by atoms with Gasteiger partial charge in [0, 0.05) is 25.1 Å².